The molecule has 1 fully saturated rings. The molecule has 2 heteroatoms. The highest BCUT2D eigenvalue weighted by atomic mass is 16.1. The number of hydrogen-bond acceptors (Lipinski definition) is 2. The number of rotatable bonds is 4. The van der Waals surface area contributed by atoms with Crippen LogP contribution in [0.1, 0.15) is 55.1 Å². The highest BCUT2D eigenvalue weighted by molar-refractivity contribution is 5.99. The van der Waals surface area contributed by atoms with Gasteiger partial charge in [-0.3, -0.25) is 4.79 Å². The summed E-state index contributed by atoms with van der Waals surface area (Å²) in [5, 5.41) is 3.28. The maximum absolute atomic E-state index is 12.1. The predicted octanol–water partition coefficient (Wildman–Crippen LogP) is 3.23. The summed E-state index contributed by atoms with van der Waals surface area (Å²) in [6.45, 7) is 9.08. The van der Waals surface area contributed by atoms with Gasteiger partial charge in [-0.25, -0.2) is 0 Å². The Bertz CT molecular complexity index is 453. The lowest BCUT2D eigenvalue weighted by atomic mass is 9.85. The van der Waals surface area contributed by atoms with E-state index in [1.807, 2.05) is 13.0 Å². The molecule has 0 saturated heterocycles. The third kappa shape index (κ3) is 3.20. The largest absolute Gasteiger partial charge is 0.307 e. The van der Waals surface area contributed by atoms with Crippen LogP contribution in [-0.4, -0.2) is 18.4 Å². The molecule has 0 atom stereocenters. The number of benzene rings is 1. The summed E-state index contributed by atoms with van der Waals surface area (Å²) < 4.78 is 0. The molecule has 1 saturated carbocycles. The van der Waals surface area contributed by atoms with Crippen LogP contribution in [0.5, 0.6) is 0 Å². The van der Waals surface area contributed by atoms with E-state index in [1.165, 1.54) is 18.4 Å². The number of carbonyl (C=O) groups excluding carboxylic acids is 1. The van der Waals surface area contributed by atoms with Gasteiger partial charge in [0.2, 0.25) is 0 Å². The molecule has 0 aromatic heterocycles. The standard InChI is InChI=1S/C16H23NO/c1-11-9-12(16(2,3)4)5-8-14(11)15(18)10-17-13-6-7-13/h5,8-9,13,17H,6-7,10H2,1-4H3. The van der Waals surface area contributed by atoms with Crippen molar-refractivity contribution in [3.8, 4) is 0 Å². The fourth-order valence-electron chi connectivity index (χ4n) is 2.06. The number of aryl methyl sites for hydroxylation is 1. The fraction of sp³-hybridized carbons (Fsp3) is 0.562. The Morgan fingerprint density at radius 1 is 1.33 bits per heavy atom. The Balaban J connectivity index is 2.10. The summed E-state index contributed by atoms with van der Waals surface area (Å²) in [7, 11) is 0. The third-order valence-corrected chi connectivity index (χ3v) is 3.52. The van der Waals surface area contributed by atoms with E-state index in [-0.39, 0.29) is 11.2 Å². The van der Waals surface area contributed by atoms with Crippen molar-refractivity contribution >= 4 is 5.78 Å². The first-order valence-electron chi connectivity index (χ1n) is 6.75. The number of nitrogens with one attached hydrogen (secondary N) is 1. The van der Waals surface area contributed by atoms with Crippen LogP contribution in [-0.2, 0) is 5.41 Å². The second-order valence-electron chi connectivity index (χ2n) is 6.36. The van der Waals surface area contributed by atoms with Crippen molar-refractivity contribution in [2.45, 2.75) is 52.0 Å². The Hall–Kier alpha value is -1.15. The zero-order valence-electron chi connectivity index (χ0n) is 11.8. The lowest BCUT2D eigenvalue weighted by molar-refractivity contribution is 0.0990. The maximum Gasteiger partial charge on any atom is 0.176 e. The van der Waals surface area contributed by atoms with E-state index in [0.717, 1.165) is 11.1 Å². The molecule has 0 unspecified atom stereocenters. The Morgan fingerprint density at radius 3 is 2.50 bits per heavy atom. The average Bonchev–Trinajstić information content (AvgIpc) is 3.08. The molecule has 1 aromatic rings. The van der Waals surface area contributed by atoms with Gasteiger partial charge in [0.1, 0.15) is 0 Å². The summed E-state index contributed by atoms with van der Waals surface area (Å²) >= 11 is 0. The summed E-state index contributed by atoms with van der Waals surface area (Å²) in [6.07, 6.45) is 2.43. The van der Waals surface area contributed by atoms with Crippen molar-refractivity contribution in [1.82, 2.24) is 5.32 Å². The van der Waals surface area contributed by atoms with Gasteiger partial charge in [-0.2, -0.15) is 0 Å². The number of hydrogen-bond donors (Lipinski definition) is 1. The molecule has 18 heavy (non-hydrogen) atoms. The molecule has 0 bridgehead atoms. The van der Waals surface area contributed by atoms with E-state index in [2.05, 4.69) is 38.2 Å². The van der Waals surface area contributed by atoms with Crippen molar-refractivity contribution in [3.63, 3.8) is 0 Å². The van der Waals surface area contributed by atoms with Crippen LogP contribution in [0.3, 0.4) is 0 Å². The lowest BCUT2D eigenvalue weighted by Crippen LogP contribution is -2.25. The van der Waals surface area contributed by atoms with Gasteiger partial charge in [0.25, 0.3) is 0 Å². The number of carbonyl (C=O) groups is 1. The van der Waals surface area contributed by atoms with Crippen LogP contribution in [0.4, 0.5) is 0 Å². The molecule has 0 amide bonds. The predicted molar refractivity (Wildman–Crippen MR) is 75.2 cm³/mol. The smallest absolute Gasteiger partial charge is 0.176 e. The summed E-state index contributed by atoms with van der Waals surface area (Å²) in [5.41, 5.74) is 3.37. The fourth-order valence-corrected chi connectivity index (χ4v) is 2.06. The molecule has 1 aliphatic rings. The monoisotopic (exact) mass is 245 g/mol. The average molecular weight is 245 g/mol. The van der Waals surface area contributed by atoms with Gasteiger partial charge >= 0.3 is 0 Å². The SMILES string of the molecule is Cc1cc(C(C)(C)C)ccc1C(=O)CNC1CC1. The van der Waals surface area contributed by atoms with Crippen molar-refractivity contribution in [3.05, 3.63) is 34.9 Å². The van der Waals surface area contributed by atoms with Crippen LogP contribution in [0.25, 0.3) is 0 Å². The zero-order valence-corrected chi connectivity index (χ0v) is 11.8. The van der Waals surface area contributed by atoms with Gasteiger partial charge < -0.3 is 5.32 Å². The highest BCUT2D eigenvalue weighted by Gasteiger charge is 2.22. The van der Waals surface area contributed by atoms with E-state index < -0.39 is 0 Å². The first-order chi connectivity index (χ1) is 8.38. The molecule has 2 rings (SSSR count). The first-order valence-corrected chi connectivity index (χ1v) is 6.75. The van der Waals surface area contributed by atoms with Gasteiger partial charge in [-0.1, -0.05) is 39.0 Å². The van der Waals surface area contributed by atoms with Gasteiger partial charge in [0.05, 0.1) is 6.54 Å². The van der Waals surface area contributed by atoms with Gasteiger partial charge in [0.15, 0.2) is 5.78 Å². The molecule has 1 N–H and O–H groups in total. The Kier molecular flexibility index (Phi) is 3.58. The molecular weight excluding hydrogens is 222 g/mol. The quantitative estimate of drug-likeness (QED) is 0.825. The molecule has 0 spiro atoms. The van der Waals surface area contributed by atoms with Crippen LogP contribution < -0.4 is 5.32 Å². The zero-order chi connectivity index (χ0) is 13.3. The summed E-state index contributed by atoms with van der Waals surface area (Å²) in [6, 6.07) is 6.79. The van der Waals surface area contributed by atoms with Gasteiger partial charge in [-0.15, -0.1) is 0 Å². The molecular formula is C16H23NO. The summed E-state index contributed by atoms with van der Waals surface area (Å²) in [5.74, 6) is 0.208. The maximum atomic E-state index is 12.1. The second-order valence-corrected chi connectivity index (χ2v) is 6.36. The van der Waals surface area contributed by atoms with Crippen LogP contribution in [0.15, 0.2) is 18.2 Å². The minimum absolute atomic E-state index is 0.138. The van der Waals surface area contributed by atoms with E-state index >= 15 is 0 Å². The van der Waals surface area contributed by atoms with Crippen LogP contribution in [0, 0.1) is 6.92 Å². The highest BCUT2D eigenvalue weighted by Crippen LogP contribution is 2.24. The molecule has 0 radical (unpaired) electrons. The number of ketones is 1. The van der Waals surface area contributed by atoms with Crippen molar-refractivity contribution < 1.29 is 4.79 Å². The lowest BCUT2D eigenvalue weighted by Gasteiger charge is -2.20. The Morgan fingerprint density at radius 2 is 2.00 bits per heavy atom. The molecule has 1 aromatic carbocycles. The topological polar surface area (TPSA) is 29.1 Å². The summed E-state index contributed by atoms with van der Waals surface area (Å²) in [4.78, 5) is 12.1. The molecule has 0 aliphatic heterocycles. The molecule has 0 heterocycles. The van der Waals surface area contributed by atoms with E-state index in [0.29, 0.717) is 12.6 Å². The van der Waals surface area contributed by atoms with E-state index in [4.69, 9.17) is 0 Å². The van der Waals surface area contributed by atoms with Crippen LogP contribution in [0.2, 0.25) is 0 Å². The van der Waals surface area contributed by atoms with Gasteiger partial charge in [-0.05, 0) is 36.3 Å². The van der Waals surface area contributed by atoms with E-state index in [1.54, 1.807) is 0 Å². The van der Waals surface area contributed by atoms with Crippen molar-refractivity contribution in [1.29, 1.82) is 0 Å². The second kappa shape index (κ2) is 4.85. The van der Waals surface area contributed by atoms with Crippen molar-refractivity contribution in [2.75, 3.05) is 6.54 Å². The normalized spacial score (nSPS) is 15.8. The molecule has 98 valence electrons. The Labute approximate surface area is 110 Å². The third-order valence-electron chi connectivity index (χ3n) is 3.52. The first kappa shape index (κ1) is 13.3. The number of Topliss-reactive ketones (excluding diaryl/α,β-unsaturated/α-hetero) is 1. The van der Waals surface area contributed by atoms with Gasteiger partial charge in [0, 0.05) is 11.6 Å². The minimum Gasteiger partial charge on any atom is -0.307 e. The van der Waals surface area contributed by atoms with Crippen LogP contribution >= 0.6 is 0 Å². The minimum atomic E-state index is 0.138. The van der Waals surface area contributed by atoms with E-state index in [9.17, 15) is 4.79 Å². The molecule has 1 aliphatic carbocycles. The molecule has 2 nitrogen and oxygen atoms in total. The van der Waals surface area contributed by atoms with Crippen molar-refractivity contribution in [2.24, 2.45) is 0 Å².